The molecule has 11 aromatic rings. The second-order valence-corrected chi connectivity index (χ2v) is 14.7. The summed E-state index contributed by atoms with van der Waals surface area (Å²) in [6.07, 6.45) is 1.87. The largest absolute Gasteiger partial charge is 0.292 e. The van der Waals surface area contributed by atoms with Crippen LogP contribution in [0.25, 0.3) is 106 Å². The zero-order valence-electron chi connectivity index (χ0n) is 31.9. The van der Waals surface area contributed by atoms with E-state index in [2.05, 4.69) is 174 Å². The summed E-state index contributed by atoms with van der Waals surface area (Å²) in [6.45, 7) is 0. The van der Waals surface area contributed by atoms with Crippen LogP contribution in [0.1, 0.15) is 0 Å². The third-order valence-corrected chi connectivity index (χ3v) is 11.1. The number of imidazole rings is 1. The van der Waals surface area contributed by atoms with Crippen molar-refractivity contribution in [2.75, 3.05) is 0 Å². The first-order valence-electron chi connectivity index (χ1n) is 19.8. The second-order valence-electron chi connectivity index (χ2n) is 14.7. The Morgan fingerprint density at radius 2 is 0.763 bits per heavy atom. The number of rotatable bonds is 7. The first-order chi connectivity index (χ1) is 29.2. The van der Waals surface area contributed by atoms with E-state index in [-0.39, 0.29) is 0 Å². The molecule has 0 saturated carbocycles. The lowest BCUT2D eigenvalue weighted by molar-refractivity contribution is 1.11. The fourth-order valence-electron chi connectivity index (χ4n) is 8.15. The minimum absolute atomic E-state index is 0.698. The SMILES string of the molecule is c1ccc(-c2ccc(-c3cc(-c4ccc(-c5ccc(-c6nc7c8ccccc8c8ncccc8c7n6-c6ccccc6)cc5)cc4)nc(-c4ccccc4)n3)cc2)cc1. The smallest absolute Gasteiger partial charge is 0.160 e. The van der Waals surface area contributed by atoms with Gasteiger partial charge in [0.25, 0.3) is 0 Å². The Hall–Kier alpha value is -8.02. The molecule has 5 heteroatoms. The van der Waals surface area contributed by atoms with E-state index < -0.39 is 0 Å². The van der Waals surface area contributed by atoms with Gasteiger partial charge in [0.1, 0.15) is 5.82 Å². The number of fused-ring (bicyclic) bond motifs is 6. The quantitative estimate of drug-likeness (QED) is 0.152. The maximum atomic E-state index is 5.38. The van der Waals surface area contributed by atoms with Crippen LogP contribution in [0.2, 0.25) is 0 Å². The van der Waals surface area contributed by atoms with Crippen molar-refractivity contribution in [2.24, 2.45) is 0 Å². The molecule has 3 heterocycles. The van der Waals surface area contributed by atoms with Crippen LogP contribution in [0, 0.1) is 0 Å². The van der Waals surface area contributed by atoms with E-state index in [1.54, 1.807) is 0 Å². The number of para-hydroxylation sites is 1. The van der Waals surface area contributed by atoms with Gasteiger partial charge in [0, 0.05) is 50.3 Å². The highest BCUT2D eigenvalue weighted by atomic mass is 15.1. The van der Waals surface area contributed by atoms with E-state index in [4.69, 9.17) is 19.9 Å². The van der Waals surface area contributed by atoms with E-state index in [1.165, 1.54) is 11.1 Å². The number of benzene rings is 8. The van der Waals surface area contributed by atoms with Crippen LogP contribution in [-0.4, -0.2) is 24.5 Å². The monoisotopic (exact) mass is 753 g/mol. The first kappa shape index (κ1) is 34.2. The highest BCUT2D eigenvalue weighted by molar-refractivity contribution is 6.23. The number of hydrogen-bond acceptors (Lipinski definition) is 4. The van der Waals surface area contributed by atoms with E-state index in [9.17, 15) is 0 Å². The van der Waals surface area contributed by atoms with Gasteiger partial charge in [0.15, 0.2) is 5.82 Å². The van der Waals surface area contributed by atoms with Crippen molar-refractivity contribution in [1.29, 1.82) is 0 Å². The van der Waals surface area contributed by atoms with Crippen molar-refractivity contribution < 1.29 is 0 Å². The van der Waals surface area contributed by atoms with Crippen LogP contribution in [-0.2, 0) is 0 Å². The number of aromatic nitrogens is 5. The Morgan fingerprint density at radius 3 is 1.34 bits per heavy atom. The molecule has 59 heavy (non-hydrogen) atoms. The summed E-state index contributed by atoms with van der Waals surface area (Å²) in [6, 6.07) is 71.8. The van der Waals surface area contributed by atoms with Crippen molar-refractivity contribution in [3.63, 3.8) is 0 Å². The zero-order chi connectivity index (χ0) is 39.1. The molecule has 3 aromatic heterocycles. The lowest BCUT2D eigenvalue weighted by Crippen LogP contribution is -1.98. The van der Waals surface area contributed by atoms with Gasteiger partial charge in [-0.05, 0) is 52.6 Å². The van der Waals surface area contributed by atoms with Crippen molar-refractivity contribution in [3.05, 3.63) is 212 Å². The van der Waals surface area contributed by atoms with Crippen LogP contribution in [0.4, 0.5) is 0 Å². The van der Waals surface area contributed by atoms with E-state index >= 15 is 0 Å². The molecule has 0 atom stereocenters. The van der Waals surface area contributed by atoms with Crippen LogP contribution < -0.4 is 0 Å². The van der Waals surface area contributed by atoms with Gasteiger partial charge in [-0.15, -0.1) is 0 Å². The third-order valence-electron chi connectivity index (χ3n) is 11.1. The summed E-state index contributed by atoms with van der Waals surface area (Å²) in [5, 5.41) is 3.27. The Morgan fingerprint density at radius 1 is 0.322 bits per heavy atom. The molecule has 0 aliphatic carbocycles. The fraction of sp³-hybridized carbons (Fsp3) is 0. The van der Waals surface area contributed by atoms with Gasteiger partial charge in [-0.25, -0.2) is 15.0 Å². The second kappa shape index (κ2) is 14.5. The fourth-order valence-corrected chi connectivity index (χ4v) is 8.15. The molecule has 0 saturated heterocycles. The van der Waals surface area contributed by atoms with Crippen molar-refractivity contribution in [3.8, 4) is 73.2 Å². The predicted octanol–water partition coefficient (Wildman–Crippen LogP) is 13.5. The molecule has 0 spiro atoms. The van der Waals surface area contributed by atoms with E-state index in [0.29, 0.717) is 5.82 Å². The molecule has 8 aromatic carbocycles. The Bertz CT molecular complexity index is 3270. The Labute approximate surface area is 341 Å². The summed E-state index contributed by atoms with van der Waals surface area (Å²) in [7, 11) is 0. The number of nitrogens with zero attached hydrogens (tertiary/aromatic N) is 5. The highest BCUT2D eigenvalue weighted by Gasteiger charge is 2.20. The molecule has 0 aliphatic rings. The van der Waals surface area contributed by atoms with Gasteiger partial charge in [-0.1, -0.05) is 176 Å². The average Bonchev–Trinajstić information content (AvgIpc) is 3.74. The molecule has 0 amide bonds. The van der Waals surface area contributed by atoms with Gasteiger partial charge < -0.3 is 0 Å². The summed E-state index contributed by atoms with van der Waals surface area (Å²) >= 11 is 0. The molecule has 0 unspecified atom stereocenters. The van der Waals surface area contributed by atoms with E-state index in [0.717, 1.165) is 89.0 Å². The maximum Gasteiger partial charge on any atom is 0.160 e. The lowest BCUT2D eigenvalue weighted by Gasteiger charge is -2.12. The van der Waals surface area contributed by atoms with Gasteiger partial charge in [0.2, 0.25) is 0 Å². The Kier molecular flexibility index (Phi) is 8.41. The standard InChI is InChI=1S/C54H35N5/c1-4-13-36(14-5-1)37-22-28-40(29-23-37)48-35-49(57-53(56-48)42-15-6-2-7-16-42)41-30-24-38(25-31-41)39-26-32-43(33-27-39)54-58-51-46-20-11-10-19-45(46)50-47(21-12-34-55-50)52(51)59(54)44-17-8-3-9-18-44/h1-35H. The molecule has 0 N–H and O–H groups in total. The molecular weight excluding hydrogens is 719 g/mol. The normalized spacial score (nSPS) is 11.4. The number of hydrogen-bond donors (Lipinski definition) is 0. The van der Waals surface area contributed by atoms with Gasteiger partial charge in [-0.2, -0.15) is 0 Å². The molecular formula is C54H35N5. The van der Waals surface area contributed by atoms with Gasteiger partial charge in [0.05, 0.1) is 27.9 Å². The third kappa shape index (κ3) is 6.22. The average molecular weight is 754 g/mol. The van der Waals surface area contributed by atoms with E-state index in [1.807, 2.05) is 42.6 Å². The topological polar surface area (TPSA) is 56.5 Å². The Balaban J connectivity index is 0.959. The van der Waals surface area contributed by atoms with Crippen molar-refractivity contribution in [2.45, 2.75) is 0 Å². The van der Waals surface area contributed by atoms with Gasteiger partial charge in [-0.3, -0.25) is 9.55 Å². The first-order valence-corrected chi connectivity index (χ1v) is 19.8. The molecule has 0 radical (unpaired) electrons. The van der Waals surface area contributed by atoms with Crippen molar-refractivity contribution >= 4 is 32.7 Å². The summed E-state index contributed by atoms with van der Waals surface area (Å²) in [5.41, 5.74) is 14.5. The lowest BCUT2D eigenvalue weighted by atomic mass is 10.00. The molecule has 0 aliphatic heterocycles. The molecule has 0 fully saturated rings. The van der Waals surface area contributed by atoms with Gasteiger partial charge >= 0.3 is 0 Å². The predicted molar refractivity (Wildman–Crippen MR) is 242 cm³/mol. The molecule has 11 rings (SSSR count). The highest BCUT2D eigenvalue weighted by Crippen LogP contribution is 2.39. The van der Waals surface area contributed by atoms with Crippen LogP contribution in [0.3, 0.4) is 0 Å². The van der Waals surface area contributed by atoms with Crippen LogP contribution >= 0.6 is 0 Å². The summed E-state index contributed by atoms with van der Waals surface area (Å²) < 4.78 is 2.28. The molecule has 276 valence electrons. The van der Waals surface area contributed by atoms with Crippen LogP contribution in [0.15, 0.2) is 212 Å². The maximum absolute atomic E-state index is 5.38. The van der Waals surface area contributed by atoms with Crippen LogP contribution in [0.5, 0.6) is 0 Å². The molecule has 0 bridgehead atoms. The number of pyridine rings is 1. The zero-order valence-corrected chi connectivity index (χ0v) is 31.9. The minimum Gasteiger partial charge on any atom is -0.292 e. The molecule has 5 nitrogen and oxygen atoms in total. The summed E-state index contributed by atoms with van der Waals surface area (Å²) in [5.74, 6) is 1.58. The summed E-state index contributed by atoms with van der Waals surface area (Å²) in [4.78, 5) is 20.4. The minimum atomic E-state index is 0.698. The van der Waals surface area contributed by atoms with Crippen molar-refractivity contribution in [1.82, 2.24) is 24.5 Å².